The molecule has 12 rings (SSSR count). The molecule has 0 amide bonds. The van der Waals surface area contributed by atoms with E-state index in [1.54, 1.807) is 0 Å². The van der Waals surface area contributed by atoms with Crippen LogP contribution < -0.4 is 4.90 Å². The van der Waals surface area contributed by atoms with Crippen molar-refractivity contribution in [2.24, 2.45) is 0 Å². The zero-order valence-corrected chi connectivity index (χ0v) is 36.3. The smallest absolute Gasteiger partial charge is 0.139 e. The van der Waals surface area contributed by atoms with Crippen LogP contribution in [-0.2, 0) is 6.42 Å². The van der Waals surface area contributed by atoms with Gasteiger partial charge in [-0.05, 0) is 106 Å². The zero-order valence-electron chi connectivity index (χ0n) is 36.3. The van der Waals surface area contributed by atoms with Crippen LogP contribution in [0.15, 0.2) is 258 Å². The topological polar surface area (TPSA) is 29.5 Å². The summed E-state index contributed by atoms with van der Waals surface area (Å²) in [6.45, 7) is 0. The van der Waals surface area contributed by atoms with Gasteiger partial charge in [-0.3, -0.25) is 0 Å². The second kappa shape index (κ2) is 17.0. The highest BCUT2D eigenvalue weighted by Gasteiger charge is 2.28. The zero-order chi connectivity index (χ0) is 43.8. The van der Waals surface area contributed by atoms with Crippen molar-refractivity contribution in [2.45, 2.75) is 18.3 Å². The predicted molar refractivity (Wildman–Crippen MR) is 273 cm³/mol. The lowest BCUT2D eigenvalue weighted by atomic mass is 9.79. The van der Waals surface area contributed by atoms with Gasteiger partial charge in [0.1, 0.15) is 22.3 Å². The third-order valence-electron chi connectivity index (χ3n) is 13.2. The van der Waals surface area contributed by atoms with Gasteiger partial charge in [0.25, 0.3) is 0 Å². The minimum Gasteiger partial charge on any atom is -0.456 e. The van der Waals surface area contributed by atoms with Crippen LogP contribution in [0.3, 0.4) is 0 Å². The summed E-state index contributed by atoms with van der Waals surface area (Å²) in [6.07, 6.45) is 0.821. The van der Waals surface area contributed by atoms with E-state index in [2.05, 4.69) is 248 Å². The predicted octanol–water partition coefficient (Wildman–Crippen LogP) is 17.2. The van der Waals surface area contributed by atoms with Gasteiger partial charge in [-0.1, -0.05) is 188 Å². The number of fused-ring (bicyclic) bond motifs is 6. The summed E-state index contributed by atoms with van der Waals surface area (Å²) in [4.78, 5) is 2.32. The van der Waals surface area contributed by atoms with Crippen molar-refractivity contribution in [1.82, 2.24) is 0 Å². The Morgan fingerprint density at radius 3 is 1.65 bits per heavy atom. The van der Waals surface area contributed by atoms with Crippen LogP contribution >= 0.6 is 0 Å². The molecule has 0 aliphatic heterocycles. The summed E-state index contributed by atoms with van der Waals surface area (Å²) in [7, 11) is 0. The Bertz CT molecular complexity index is 3580. The lowest BCUT2D eigenvalue weighted by Crippen LogP contribution is -2.09. The summed E-state index contributed by atoms with van der Waals surface area (Å²) in [5, 5.41) is 4.48. The van der Waals surface area contributed by atoms with Crippen LogP contribution in [0, 0.1) is 0 Å². The largest absolute Gasteiger partial charge is 0.456 e. The van der Waals surface area contributed by atoms with Gasteiger partial charge in [0, 0.05) is 56.0 Å². The number of para-hydroxylation sites is 4. The van der Waals surface area contributed by atoms with Crippen LogP contribution in [0.1, 0.15) is 45.2 Å². The van der Waals surface area contributed by atoms with Gasteiger partial charge < -0.3 is 13.7 Å². The van der Waals surface area contributed by atoms with Crippen molar-refractivity contribution in [1.29, 1.82) is 0 Å². The fraction of sp³-hybridized carbons (Fsp3) is 0.0476. The minimum absolute atomic E-state index is 0.0209. The van der Waals surface area contributed by atoms with E-state index in [4.69, 9.17) is 8.83 Å². The number of rotatable bonds is 11. The number of hydrogen-bond acceptors (Lipinski definition) is 3. The van der Waals surface area contributed by atoms with E-state index < -0.39 is 0 Å². The van der Waals surface area contributed by atoms with Gasteiger partial charge in [-0.15, -0.1) is 0 Å². The molecule has 0 spiro atoms. The molecular formula is C63H45NO2. The Morgan fingerprint density at radius 2 is 0.924 bits per heavy atom. The van der Waals surface area contributed by atoms with Crippen molar-refractivity contribution in [2.75, 3.05) is 4.90 Å². The maximum atomic E-state index is 7.06. The maximum Gasteiger partial charge on any atom is 0.139 e. The van der Waals surface area contributed by atoms with Crippen LogP contribution in [0.2, 0.25) is 0 Å². The third-order valence-corrected chi connectivity index (χ3v) is 13.2. The first kappa shape index (κ1) is 39.2. The van der Waals surface area contributed by atoms with Crippen LogP contribution in [0.5, 0.6) is 0 Å². The van der Waals surface area contributed by atoms with Crippen LogP contribution in [0.25, 0.3) is 55.0 Å². The van der Waals surface area contributed by atoms with Gasteiger partial charge in [0.05, 0.1) is 0 Å². The second-order valence-electron chi connectivity index (χ2n) is 17.2. The molecule has 2 heterocycles. The summed E-state index contributed by atoms with van der Waals surface area (Å²) in [6, 6.07) is 89.2. The maximum absolute atomic E-state index is 7.06. The molecule has 0 bridgehead atoms. The average Bonchev–Trinajstić information content (AvgIpc) is 3.96. The molecule has 0 saturated carbocycles. The highest BCUT2D eigenvalue weighted by Crippen LogP contribution is 2.46. The van der Waals surface area contributed by atoms with E-state index >= 15 is 0 Å². The molecule has 10 aromatic carbocycles. The summed E-state index contributed by atoms with van der Waals surface area (Å²) in [5.74, 6) is -0.122. The molecule has 1 unspecified atom stereocenters. The normalized spacial score (nSPS) is 12.5. The molecule has 0 fully saturated rings. The van der Waals surface area contributed by atoms with Gasteiger partial charge >= 0.3 is 0 Å². The number of benzene rings is 10. The van der Waals surface area contributed by atoms with Crippen LogP contribution in [-0.4, -0.2) is 0 Å². The van der Waals surface area contributed by atoms with Gasteiger partial charge in [0.2, 0.25) is 0 Å². The van der Waals surface area contributed by atoms with Crippen molar-refractivity contribution >= 4 is 60.9 Å². The molecule has 0 aliphatic carbocycles. The van der Waals surface area contributed by atoms with Crippen molar-refractivity contribution in [3.05, 3.63) is 282 Å². The average molecular weight is 848 g/mol. The highest BCUT2D eigenvalue weighted by atomic mass is 16.3. The quantitative estimate of drug-likeness (QED) is 0.121. The third kappa shape index (κ3) is 7.21. The van der Waals surface area contributed by atoms with Crippen LogP contribution in [0.4, 0.5) is 17.1 Å². The Kier molecular flexibility index (Phi) is 10.1. The fourth-order valence-corrected chi connectivity index (χ4v) is 10.1. The minimum atomic E-state index is -0.143. The molecule has 66 heavy (non-hydrogen) atoms. The Hall–Kier alpha value is -8.40. The number of anilines is 3. The summed E-state index contributed by atoms with van der Waals surface area (Å²) in [5.41, 5.74) is 16.3. The number of furan rings is 2. The molecule has 2 atom stereocenters. The lowest BCUT2D eigenvalue weighted by Gasteiger charge is -2.26. The lowest BCUT2D eigenvalue weighted by molar-refractivity contribution is 0.659. The van der Waals surface area contributed by atoms with Crippen molar-refractivity contribution < 1.29 is 8.83 Å². The molecule has 0 aliphatic rings. The molecule has 3 heteroatoms. The monoisotopic (exact) mass is 847 g/mol. The molecule has 2 aromatic heterocycles. The summed E-state index contributed by atoms with van der Waals surface area (Å²) < 4.78 is 13.8. The van der Waals surface area contributed by atoms with E-state index in [0.29, 0.717) is 0 Å². The van der Waals surface area contributed by atoms with Gasteiger partial charge in [-0.25, -0.2) is 0 Å². The Morgan fingerprint density at radius 1 is 0.348 bits per heavy atom. The Balaban J connectivity index is 1.09. The van der Waals surface area contributed by atoms with Crippen molar-refractivity contribution in [3.8, 4) is 11.1 Å². The van der Waals surface area contributed by atoms with Crippen molar-refractivity contribution in [3.63, 3.8) is 0 Å². The summed E-state index contributed by atoms with van der Waals surface area (Å²) >= 11 is 0. The van der Waals surface area contributed by atoms with Gasteiger partial charge in [0.15, 0.2) is 0 Å². The number of hydrogen-bond donors (Lipinski definition) is 0. The van der Waals surface area contributed by atoms with E-state index in [1.165, 1.54) is 22.3 Å². The van der Waals surface area contributed by atoms with E-state index in [-0.39, 0.29) is 11.8 Å². The molecular weight excluding hydrogens is 803 g/mol. The molecule has 0 N–H and O–H groups in total. The highest BCUT2D eigenvalue weighted by molar-refractivity contribution is 6.09. The molecule has 0 radical (unpaired) electrons. The SMILES string of the molecule is c1ccc(C[C@H](c2ccccc2)c2cc(C(c3ccccc3)c3cccc4c3oc3ccccc34)cc3oc4ccc(-c5cccc(N(c6ccccc6)c6ccccc6)c5)cc4c23)cc1. The van der Waals surface area contributed by atoms with E-state index in [1.807, 2.05) is 6.07 Å². The second-order valence-corrected chi connectivity index (χ2v) is 17.2. The fourth-order valence-electron chi connectivity index (χ4n) is 10.1. The van der Waals surface area contributed by atoms with Gasteiger partial charge in [-0.2, -0.15) is 0 Å². The standard InChI is InChI=1S/C63H45NO2/c1-6-20-43(21-7-1)38-55(44-22-8-2-9-23-44)56-41-48(61(45-24-10-3-11-25-45)54-34-19-33-53-52-32-16-17-35-58(52)66-63(53)54)42-60-62(56)57-40-47(36-37-59(57)65-60)46-26-18-31-51(39-46)64(49-27-12-4-13-28-49)50-29-14-5-15-30-50/h1-37,39-42,55,61H,38H2/t55-,61?/m1/s1. The van der Waals surface area contributed by atoms with E-state index in [0.717, 1.165) is 89.6 Å². The Labute approximate surface area is 384 Å². The molecule has 314 valence electrons. The first-order valence-electron chi connectivity index (χ1n) is 22.8. The number of nitrogens with zero attached hydrogens (tertiary/aromatic N) is 1. The molecule has 0 saturated heterocycles. The molecule has 12 aromatic rings. The first-order chi connectivity index (χ1) is 32.7. The molecule has 3 nitrogen and oxygen atoms in total. The van der Waals surface area contributed by atoms with E-state index in [9.17, 15) is 0 Å². The first-order valence-corrected chi connectivity index (χ1v) is 22.8.